The SMILES string of the molecule is CCC(N)(N)C(Cc1ccccc1)[Si](OC)(OC)OC. The van der Waals surface area contributed by atoms with E-state index in [0.29, 0.717) is 12.8 Å². The van der Waals surface area contributed by atoms with Gasteiger partial charge >= 0.3 is 8.80 Å². The van der Waals surface area contributed by atoms with E-state index in [9.17, 15) is 0 Å². The van der Waals surface area contributed by atoms with Crippen molar-refractivity contribution in [3.8, 4) is 0 Å². The van der Waals surface area contributed by atoms with Gasteiger partial charge in [-0.05, 0) is 18.4 Å². The topological polar surface area (TPSA) is 79.7 Å². The second kappa shape index (κ2) is 7.30. The Morgan fingerprint density at radius 3 is 1.95 bits per heavy atom. The minimum Gasteiger partial charge on any atom is -0.377 e. The lowest BCUT2D eigenvalue weighted by Gasteiger charge is -2.41. The lowest BCUT2D eigenvalue weighted by atomic mass is 9.98. The highest BCUT2D eigenvalue weighted by atomic mass is 28.4. The van der Waals surface area contributed by atoms with Crippen LogP contribution in [0.25, 0.3) is 0 Å². The third kappa shape index (κ3) is 3.66. The molecule has 6 heteroatoms. The summed E-state index contributed by atoms with van der Waals surface area (Å²) in [5.74, 6) is 0. The number of hydrogen-bond acceptors (Lipinski definition) is 5. The first-order chi connectivity index (χ1) is 9.45. The molecule has 0 aliphatic carbocycles. The average molecular weight is 298 g/mol. The molecule has 1 rings (SSSR count). The molecule has 0 saturated carbocycles. The molecule has 0 saturated heterocycles. The minimum atomic E-state index is -2.94. The quantitative estimate of drug-likeness (QED) is 0.561. The first-order valence-corrected chi connectivity index (χ1v) is 8.53. The molecule has 0 spiro atoms. The molecule has 0 aliphatic rings. The van der Waals surface area contributed by atoms with Crippen molar-refractivity contribution in [3.63, 3.8) is 0 Å². The zero-order valence-electron chi connectivity index (χ0n) is 12.8. The zero-order chi connectivity index (χ0) is 15.2. The van der Waals surface area contributed by atoms with E-state index in [2.05, 4.69) is 0 Å². The van der Waals surface area contributed by atoms with Crippen molar-refractivity contribution in [1.29, 1.82) is 0 Å². The van der Waals surface area contributed by atoms with Gasteiger partial charge in [-0.1, -0.05) is 37.3 Å². The van der Waals surface area contributed by atoms with E-state index in [1.807, 2.05) is 37.3 Å². The molecule has 1 atom stereocenters. The van der Waals surface area contributed by atoms with Crippen LogP contribution in [0.4, 0.5) is 0 Å². The van der Waals surface area contributed by atoms with Gasteiger partial charge in [0.2, 0.25) is 0 Å². The maximum atomic E-state index is 6.29. The van der Waals surface area contributed by atoms with Gasteiger partial charge in [-0.2, -0.15) is 0 Å². The Morgan fingerprint density at radius 1 is 1.05 bits per heavy atom. The monoisotopic (exact) mass is 298 g/mol. The number of nitrogens with two attached hydrogens (primary N) is 2. The van der Waals surface area contributed by atoms with Crippen molar-refractivity contribution >= 4 is 8.80 Å². The van der Waals surface area contributed by atoms with Crippen LogP contribution < -0.4 is 11.5 Å². The summed E-state index contributed by atoms with van der Waals surface area (Å²) in [6.45, 7) is 1.96. The summed E-state index contributed by atoms with van der Waals surface area (Å²) >= 11 is 0. The van der Waals surface area contributed by atoms with Crippen molar-refractivity contribution in [1.82, 2.24) is 0 Å². The summed E-state index contributed by atoms with van der Waals surface area (Å²) in [7, 11) is 1.82. The summed E-state index contributed by atoms with van der Waals surface area (Å²) in [4.78, 5) is 0. The predicted molar refractivity (Wildman–Crippen MR) is 82.1 cm³/mol. The van der Waals surface area contributed by atoms with Gasteiger partial charge in [0.25, 0.3) is 0 Å². The van der Waals surface area contributed by atoms with E-state index < -0.39 is 14.5 Å². The van der Waals surface area contributed by atoms with Gasteiger partial charge in [-0.25, -0.2) is 0 Å². The van der Waals surface area contributed by atoms with E-state index in [1.54, 1.807) is 21.3 Å². The summed E-state index contributed by atoms with van der Waals surface area (Å²) < 4.78 is 16.8. The normalized spacial score (nSPS) is 14.3. The molecule has 4 N–H and O–H groups in total. The van der Waals surface area contributed by atoms with Gasteiger partial charge < -0.3 is 24.7 Å². The van der Waals surface area contributed by atoms with Crippen molar-refractivity contribution in [3.05, 3.63) is 35.9 Å². The molecule has 0 heterocycles. The third-order valence-corrected chi connectivity index (χ3v) is 7.13. The number of benzene rings is 1. The van der Waals surface area contributed by atoms with E-state index in [-0.39, 0.29) is 5.54 Å². The third-order valence-electron chi connectivity index (χ3n) is 3.82. The summed E-state index contributed by atoms with van der Waals surface area (Å²) in [5, 5.41) is 0. The van der Waals surface area contributed by atoms with Gasteiger partial charge in [0.15, 0.2) is 0 Å². The summed E-state index contributed by atoms with van der Waals surface area (Å²) in [6, 6.07) is 10.0. The minimum absolute atomic E-state index is 0.220. The maximum absolute atomic E-state index is 6.29. The lowest BCUT2D eigenvalue weighted by Crippen LogP contribution is -2.64. The Kier molecular flexibility index (Phi) is 6.31. The first kappa shape index (κ1) is 17.3. The van der Waals surface area contributed by atoms with E-state index >= 15 is 0 Å². The fraction of sp³-hybridized carbons (Fsp3) is 0.571. The fourth-order valence-electron chi connectivity index (χ4n) is 2.42. The molecule has 5 nitrogen and oxygen atoms in total. The molecule has 0 radical (unpaired) electrons. The predicted octanol–water partition coefficient (Wildman–Crippen LogP) is 1.50. The van der Waals surface area contributed by atoms with Crippen LogP contribution in [0.5, 0.6) is 0 Å². The van der Waals surface area contributed by atoms with Crippen LogP contribution in [0, 0.1) is 0 Å². The Bertz CT molecular complexity index is 388. The van der Waals surface area contributed by atoms with Gasteiger partial charge in [-0.15, -0.1) is 0 Å². The van der Waals surface area contributed by atoms with Crippen molar-refractivity contribution in [2.75, 3.05) is 21.3 Å². The molecule has 0 amide bonds. The van der Waals surface area contributed by atoms with Crippen LogP contribution in [0.1, 0.15) is 18.9 Å². The second-order valence-corrected chi connectivity index (χ2v) is 8.05. The van der Waals surface area contributed by atoms with Gasteiger partial charge in [0, 0.05) is 21.3 Å². The van der Waals surface area contributed by atoms with Crippen molar-refractivity contribution in [2.45, 2.75) is 31.0 Å². The van der Waals surface area contributed by atoms with Crippen LogP contribution in [-0.2, 0) is 19.7 Å². The largest absolute Gasteiger partial charge is 0.507 e. The average Bonchev–Trinajstić information content (AvgIpc) is 2.49. The molecule has 1 aromatic carbocycles. The number of hydrogen-bond donors (Lipinski definition) is 2. The lowest BCUT2D eigenvalue weighted by molar-refractivity contribution is 0.0958. The van der Waals surface area contributed by atoms with E-state index in [1.165, 1.54) is 0 Å². The highest BCUT2D eigenvalue weighted by molar-refractivity contribution is 6.62. The molecule has 20 heavy (non-hydrogen) atoms. The molecule has 0 bridgehead atoms. The van der Waals surface area contributed by atoms with E-state index in [4.69, 9.17) is 24.7 Å². The van der Waals surface area contributed by atoms with Crippen molar-refractivity contribution in [2.24, 2.45) is 11.5 Å². The van der Waals surface area contributed by atoms with Crippen LogP contribution in [0.3, 0.4) is 0 Å². The summed E-state index contributed by atoms with van der Waals surface area (Å²) in [6.07, 6.45) is 1.26. The molecular weight excluding hydrogens is 272 g/mol. The van der Waals surface area contributed by atoms with Crippen LogP contribution in [0.2, 0.25) is 5.54 Å². The van der Waals surface area contributed by atoms with Crippen LogP contribution in [0.15, 0.2) is 30.3 Å². The number of rotatable bonds is 8. The maximum Gasteiger partial charge on any atom is 0.507 e. The molecule has 1 unspecified atom stereocenters. The van der Waals surface area contributed by atoms with Crippen molar-refractivity contribution < 1.29 is 13.3 Å². The standard InChI is InChI=1S/C14H26N2O3Si/c1-5-14(15,16)13(20(17-2,18-3)19-4)11-12-9-7-6-8-10-12/h6-10,13H,5,11,15-16H2,1-4H3. The molecular formula is C14H26N2O3Si. The van der Waals surface area contributed by atoms with E-state index in [0.717, 1.165) is 5.56 Å². The Balaban J connectivity index is 3.15. The zero-order valence-corrected chi connectivity index (χ0v) is 13.8. The molecule has 0 aromatic heterocycles. The highest BCUT2D eigenvalue weighted by Crippen LogP contribution is 2.35. The van der Waals surface area contributed by atoms with Crippen LogP contribution in [-0.4, -0.2) is 35.8 Å². The Morgan fingerprint density at radius 2 is 1.55 bits per heavy atom. The van der Waals surface area contributed by atoms with Gasteiger partial charge in [0.05, 0.1) is 11.2 Å². The van der Waals surface area contributed by atoms with Gasteiger partial charge in [-0.3, -0.25) is 0 Å². The molecule has 0 aliphatic heterocycles. The second-order valence-electron chi connectivity index (χ2n) is 4.92. The Labute approximate surface area is 122 Å². The smallest absolute Gasteiger partial charge is 0.377 e. The summed E-state index contributed by atoms with van der Waals surface area (Å²) in [5.41, 5.74) is 12.6. The highest BCUT2D eigenvalue weighted by Gasteiger charge is 2.54. The Hall–Kier alpha value is -0.763. The first-order valence-electron chi connectivity index (χ1n) is 6.72. The molecule has 114 valence electrons. The molecule has 0 fully saturated rings. The fourth-order valence-corrected chi connectivity index (χ4v) is 5.12. The van der Waals surface area contributed by atoms with Crippen LogP contribution >= 0.6 is 0 Å². The molecule has 1 aromatic rings. The van der Waals surface area contributed by atoms with Gasteiger partial charge in [0.1, 0.15) is 0 Å².